The van der Waals surface area contributed by atoms with E-state index in [0.717, 1.165) is 71.2 Å². The molecule has 38 heavy (non-hydrogen) atoms. The maximum Gasteiger partial charge on any atom is 0.416 e. The lowest BCUT2D eigenvalue weighted by molar-refractivity contribution is -0.137. The first-order valence-corrected chi connectivity index (χ1v) is 13.7. The van der Waals surface area contributed by atoms with Crippen molar-refractivity contribution in [3.8, 4) is 0 Å². The van der Waals surface area contributed by atoms with Crippen molar-refractivity contribution in [2.24, 2.45) is 5.73 Å². The Morgan fingerprint density at radius 3 is 2.32 bits per heavy atom. The van der Waals surface area contributed by atoms with Crippen molar-refractivity contribution in [3.05, 3.63) is 94.0 Å². The number of alkyl halides is 3. The van der Waals surface area contributed by atoms with Crippen molar-refractivity contribution < 1.29 is 13.2 Å². The molecule has 0 bridgehead atoms. The smallest absolute Gasteiger partial charge is 0.326 e. The van der Waals surface area contributed by atoms with E-state index in [2.05, 4.69) is 28.8 Å². The largest absolute Gasteiger partial charge is 0.416 e. The predicted molar refractivity (Wildman–Crippen MR) is 149 cm³/mol. The van der Waals surface area contributed by atoms with Gasteiger partial charge < -0.3 is 16.4 Å². The summed E-state index contributed by atoms with van der Waals surface area (Å²) in [6.45, 7) is 2.55. The van der Waals surface area contributed by atoms with E-state index in [4.69, 9.17) is 17.3 Å². The molecule has 2 heterocycles. The average Bonchev–Trinajstić information content (AvgIpc) is 2.92. The van der Waals surface area contributed by atoms with E-state index >= 15 is 0 Å². The van der Waals surface area contributed by atoms with Crippen LogP contribution in [0.3, 0.4) is 0 Å². The molecule has 2 saturated heterocycles. The van der Waals surface area contributed by atoms with Gasteiger partial charge in [-0.25, -0.2) is 0 Å². The number of nitrogens with one attached hydrogen (secondary N) is 2. The zero-order valence-electron chi connectivity index (χ0n) is 21.0. The van der Waals surface area contributed by atoms with Crippen molar-refractivity contribution >= 4 is 33.1 Å². The highest BCUT2D eigenvalue weighted by Crippen LogP contribution is 2.40. The lowest BCUT2D eigenvalue weighted by atomic mass is 9.79. The summed E-state index contributed by atoms with van der Waals surface area (Å²) in [6, 6.07) is 20.1. The summed E-state index contributed by atoms with van der Waals surface area (Å²) in [5, 5.41) is 11.5. The molecular formula is C31H31ClF3N3. The van der Waals surface area contributed by atoms with E-state index in [9.17, 15) is 13.2 Å². The minimum Gasteiger partial charge on any atom is -0.326 e. The van der Waals surface area contributed by atoms with Gasteiger partial charge in [-0.1, -0.05) is 54.1 Å². The van der Waals surface area contributed by atoms with Crippen LogP contribution in [0.4, 0.5) is 13.2 Å². The number of nitrogens with two attached hydrogens (primary N) is 1. The minimum absolute atomic E-state index is 0.135. The van der Waals surface area contributed by atoms with Gasteiger partial charge in [-0.15, -0.1) is 0 Å². The lowest BCUT2D eigenvalue weighted by Gasteiger charge is -2.37. The maximum atomic E-state index is 13.6. The molecule has 3 atom stereocenters. The van der Waals surface area contributed by atoms with Gasteiger partial charge in [-0.3, -0.25) is 0 Å². The molecule has 198 valence electrons. The second kappa shape index (κ2) is 10.2. The molecule has 0 aromatic heterocycles. The Labute approximate surface area is 225 Å². The minimum atomic E-state index is -4.38. The van der Waals surface area contributed by atoms with Gasteiger partial charge >= 0.3 is 6.18 Å². The van der Waals surface area contributed by atoms with Crippen molar-refractivity contribution in [3.63, 3.8) is 0 Å². The summed E-state index contributed by atoms with van der Waals surface area (Å²) in [5.74, 6) is 0.521. The van der Waals surface area contributed by atoms with Crippen LogP contribution in [0.25, 0.3) is 21.5 Å². The van der Waals surface area contributed by atoms with Crippen molar-refractivity contribution in [2.75, 3.05) is 19.6 Å². The topological polar surface area (TPSA) is 50.1 Å². The normalized spacial score (nSPS) is 23.2. The maximum absolute atomic E-state index is 13.6. The molecule has 6 rings (SSSR count). The summed E-state index contributed by atoms with van der Waals surface area (Å²) in [7, 11) is 0. The zero-order valence-corrected chi connectivity index (χ0v) is 21.7. The lowest BCUT2D eigenvalue weighted by Crippen LogP contribution is -2.46. The molecule has 2 fully saturated rings. The first-order valence-electron chi connectivity index (χ1n) is 13.3. The van der Waals surface area contributed by atoms with Gasteiger partial charge in [0.05, 0.1) is 5.56 Å². The van der Waals surface area contributed by atoms with Crippen LogP contribution in [0.15, 0.2) is 66.7 Å². The summed E-state index contributed by atoms with van der Waals surface area (Å²) in [4.78, 5) is 0. The van der Waals surface area contributed by atoms with Crippen LogP contribution in [0.1, 0.15) is 59.4 Å². The van der Waals surface area contributed by atoms with Crippen molar-refractivity contribution in [2.45, 2.75) is 49.4 Å². The van der Waals surface area contributed by atoms with Crippen LogP contribution < -0.4 is 16.4 Å². The number of halogens is 4. The number of hydrogen-bond donors (Lipinski definition) is 3. The first kappa shape index (κ1) is 25.6. The summed E-state index contributed by atoms with van der Waals surface area (Å²) < 4.78 is 40.7. The van der Waals surface area contributed by atoms with Crippen molar-refractivity contribution in [1.29, 1.82) is 0 Å². The number of piperidine rings is 2. The Kier molecular flexibility index (Phi) is 6.85. The fourth-order valence-electron chi connectivity index (χ4n) is 6.46. The van der Waals surface area contributed by atoms with Gasteiger partial charge in [0.15, 0.2) is 0 Å². The highest BCUT2D eigenvalue weighted by atomic mass is 35.5. The highest BCUT2D eigenvalue weighted by Gasteiger charge is 2.33. The van der Waals surface area contributed by atoms with Crippen LogP contribution in [-0.2, 0) is 6.18 Å². The monoisotopic (exact) mass is 537 g/mol. The molecule has 0 spiro atoms. The van der Waals surface area contributed by atoms with Gasteiger partial charge in [0, 0.05) is 29.0 Å². The molecule has 2 aliphatic heterocycles. The van der Waals surface area contributed by atoms with E-state index in [1.54, 1.807) is 6.07 Å². The van der Waals surface area contributed by atoms with Crippen molar-refractivity contribution in [1.82, 2.24) is 10.6 Å². The molecule has 4 N–H and O–H groups in total. The second-order valence-corrected chi connectivity index (χ2v) is 11.1. The Morgan fingerprint density at radius 1 is 0.816 bits per heavy atom. The quantitative estimate of drug-likeness (QED) is 0.257. The number of benzene rings is 4. The highest BCUT2D eigenvalue weighted by molar-refractivity contribution is 6.35. The fourth-order valence-corrected chi connectivity index (χ4v) is 6.69. The van der Waals surface area contributed by atoms with Crippen LogP contribution in [-0.4, -0.2) is 25.7 Å². The molecule has 0 aliphatic carbocycles. The van der Waals surface area contributed by atoms with Gasteiger partial charge in [0.1, 0.15) is 0 Å². The summed E-state index contributed by atoms with van der Waals surface area (Å²) in [5.41, 5.74) is 9.51. The number of hydrogen-bond acceptors (Lipinski definition) is 3. The van der Waals surface area contributed by atoms with Crippen LogP contribution >= 0.6 is 11.6 Å². The third-order valence-corrected chi connectivity index (χ3v) is 8.72. The summed E-state index contributed by atoms with van der Waals surface area (Å²) in [6.07, 6.45) is -1.68. The van der Waals surface area contributed by atoms with Gasteiger partial charge in [0.25, 0.3) is 0 Å². The van der Waals surface area contributed by atoms with Crippen LogP contribution in [0.2, 0.25) is 5.02 Å². The summed E-state index contributed by atoms with van der Waals surface area (Å²) >= 11 is 6.45. The SMILES string of the molecule is NC1CC(c2ccc(Cl)c3ccccc23)CNC1c1cc(C2CCNCC2)c2ccc(C(F)(F)F)cc2c1. The Morgan fingerprint density at radius 2 is 1.58 bits per heavy atom. The third-order valence-electron chi connectivity index (χ3n) is 8.39. The van der Waals surface area contributed by atoms with E-state index in [1.165, 1.54) is 17.7 Å². The molecule has 0 amide bonds. The van der Waals surface area contributed by atoms with E-state index < -0.39 is 11.7 Å². The fraction of sp³-hybridized carbons (Fsp3) is 0.355. The molecule has 7 heteroatoms. The first-order chi connectivity index (χ1) is 18.3. The molecule has 4 aromatic carbocycles. The van der Waals surface area contributed by atoms with Crippen LogP contribution in [0.5, 0.6) is 0 Å². The Balaban J connectivity index is 1.36. The molecule has 0 saturated carbocycles. The Bertz CT molecular complexity index is 1480. The molecule has 4 aromatic rings. The van der Waals surface area contributed by atoms with E-state index in [-0.39, 0.29) is 18.0 Å². The second-order valence-electron chi connectivity index (χ2n) is 10.7. The molecule has 3 unspecified atom stereocenters. The average molecular weight is 538 g/mol. The van der Waals surface area contributed by atoms with E-state index in [0.29, 0.717) is 11.3 Å². The molecular weight excluding hydrogens is 507 g/mol. The van der Waals surface area contributed by atoms with E-state index in [1.807, 2.05) is 30.3 Å². The molecule has 0 radical (unpaired) electrons. The zero-order chi connectivity index (χ0) is 26.4. The van der Waals surface area contributed by atoms with Gasteiger partial charge in [0.2, 0.25) is 0 Å². The van der Waals surface area contributed by atoms with Gasteiger partial charge in [-0.2, -0.15) is 13.2 Å². The molecule has 2 aliphatic rings. The standard InChI is InChI=1S/C31H31ClF3N3/c32-28-8-7-24(25-3-1-2-4-26(25)28)21-16-29(36)30(38-17-21)20-13-19-14-22(31(33,34)35)5-6-23(19)27(15-20)18-9-11-37-12-10-18/h1-8,13-15,18,21,29-30,37-38H,9-12,16-17,36H2. The van der Waals surface area contributed by atoms with Gasteiger partial charge in [-0.05, 0) is 101 Å². The Hall–Kier alpha value is -2.64. The number of fused-ring (bicyclic) bond motifs is 2. The van der Waals surface area contributed by atoms with Crippen LogP contribution in [0, 0.1) is 0 Å². The third kappa shape index (κ3) is 4.79. The number of rotatable bonds is 3. The predicted octanol–water partition coefficient (Wildman–Crippen LogP) is 7.28. The molecule has 3 nitrogen and oxygen atoms in total.